The molecule has 0 radical (unpaired) electrons. The van der Waals surface area contributed by atoms with Gasteiger partial charge in [0.05, 0.1) is 13.1 Å². The van der Waals surface area contributed by atoms with Gasteiger partial charge < -0.3 is 20.1 Å². The van der Waals surface area contributed by atoms with Crippen LogP contribution in [0.5, 0.6) is 0 Å². The Morgan fingerprint density at radius 3 is 2.17 bits per heavy atom. The molecule has 4 aromatic rings. The van der Waals surface area contributed by atoms with Crippen molar-refractivity contribution in [1.29, 1.82) is 0 Å². The molecule has 0 saturated heterocycles. The van der Waals surface area contributed by atoms with Crippen molar-refractivity contribution in [3.63, 3.8) is 0 Å². The first-order chi connectivity index (χ1) is 17.0. The number of carbonyl (C=O) groups is 1. The van der Waals surface area contributed by atoms with Crippen molar-refractivity contribution in [2.45, 2.75) is 26.9 Å². The lowest BCUT2D eigenvalue weighted by Crippen LogP contribution is -2.41. The zero-order chi connectivity index (χ0) is 24.4. The fraction of sp³-hybridized carbons (Fsp3) is 0.214. The molecule has 0 unspecified atom stereocenters. The molecule has 3 aromatic carbocycles. The van der Waals surface area contributed by atoms with Gasteiger partial charge in [0.2, 0.25) is 5.91 Å². The summed E-state index contributed by atoms with van der Waals surface area (Å²) in [7, 11) is 0. The van der Waals surface area contributed by atoms with E-state index in [4.69, 9.17) is 4.98 Å². The molecule has 6 nitrogen and oxygen atoms in total. The Kier molecular flexibility index (Phi) is 6.23. The molecule has 0 saturated carbocycles. The van der Waals surface area contributed by atoms with Gasteiger partial charge in [0.25, 0.3) is 0 Å². The number of nitrogens with zero attached hydrogens (tertiary/aromatic N) is 3. The van der Waals surface area contributed by atoms with Crippen LogP contribution in [0.2, 0.25) is 0 Å². The van der Waals surface area contributed by atoms with Gasteiger partial charge in [0.1, 0.15) is 23.2 Å². The highest BCUT2D eigenvalue weighted by molar-refractivity contribution is 5.81. The molecule has 178 valence electrons. The zero-order valence-electron chi connectivity index (χ0n) is 19.9. The highest BCUT2D eigenvalue weighted by atomic mass is 19.1. The van der Waals surface area contributed by atoms with Gasteiger partial charge in [0.15, 0.2) is 0 Å². The Hall–Kier alpha value is -4.13. The Bertz CT molecular complexity index is 1330. The summed E-state index contributed by atoms with van der Waals surface area (Å²) in [5.41, 5.74) is 5.79. The molecule has 1 aromatic heterocycles. The van der Waals surface area contributed by atoms with Crippen LogP contribution in [-0.4, -0.2) is 33.4 Å². The average molecular weight is 470 g/mol. The van der Waals surface area contributed by atoms with Crippen LogP contribution in [0.1, 0.15) is 17.0 Å². The van der Waals surface area contributed by atoms with E-state index in [0.717, 1.165) is 34.3 Å². The summed E-state index contributed by atoms with van der Waals surface area (Å²) in [5, 5.41) is 6.72. The number of hydrogen-bond donors (Lipinski definition) is 2. The summed E-state index contributed by atoms with van der Waals surface area (Å²) < 4.78 is 15.7. The number of benzene rings is 3. The smallest absolute Gasteiger partial charge is 0.242 e. The highest BCUT2D eigenvalue weighted by Crippen LogP contribution is 2.33. The minimum Gasteiger partial charge on any atom is -0.376 e. The first-order valence-corrected chi connectivity index (χ1v) is 11.7. The monoisotopic (exact) mass is 469 g/mol. The normalized spacial score (nSPS) is 12.8. The molecule has 1 aliphatic rings. The van der Waals surface area contributed by atoms with Crippen LogP contribution in [0.4, 0.5) is 21.6 Å². The number of nitrogens with one attached hydrogen (secondary N) is 2. The fourth-order valence-corrected chi connectivity index (χ4v) is 4.21. The van der Waals surface area contributed by atoms with Gasteiger partial charge in [-0.05, 0) is 62.4 Å². The second-order valence-electron chi connectivity index (χ2n) is 8.91. The SMILES string of the molecule is Cc1ccc(NCC(=O)N2CCn3c(nc(-c4ccc(F)cc4)c3Nc3ccc(C)cc3)C2)cc1. The predicted molar refractivity (Wildman–Crippen MR) is 137 cm³/mol. The average Bonchev–Trinajstić information content (AvgIpc) is 3.22. The third-order valence-electron chi connectivity index (χ3n) is 6.25. The van der Waals surface area contributed by atoms with Crippen LogP contribution < -0.4 is 10.6 Å². The number of fused-ring (bicyclic) bond motifs is 1. The number of halogens is 1. The lowest BCUT2D eigenvalue weighted by atomic mass is 10.1. The molecule has 5 rings (SSSR count). The first kappa shape index (κ1) is 22.7. The van der Waals surface area contributed by atoms with E-state index >= 15 is 0 Å². The lowest BCUT2D eigenvalue weighted by molar-refractivity contribution is -0.130. The van der Waals surface area contributed by atoms with Crippen molar-refractivity contribution < 1.29 is 9.18 Å². The van der Waals surface area contributed by atoms with Crippen molar-refractivity contribution >= 4 is 23.1 Å². The molecular formula is C28H28FN5O. The minimum atomic E-state index is -0.288. The quantitative estimate of drug-likeness (QED) is 0.391. The van der Waals surface area contributed by atoms with Gasteiger partial charge in [-0.15, -0.1) is 0 Å². The van der Waals surface area contributed by atoms with Crippen molar-refractivity contribution in [3.05, 3.63) is 95.6 Å². The van der Waals surface area contributed by atoms with Crippen LogP contribution >= 0.6 is 0 Å². The van der Waals surface area contributed by atoms with Gasteiger partial charge in [0, 0.05) is 30.0 Å². The minimum absolute atomic E-state index is 0.0243. The summed E-state index contributed by atoms with van der Waals surface area (Å²) in [4.78, 5) is 19.7. The lowest BCUT2D eigenvalue weighted by Gasteiger charge is -2.29. The number of rotatable bonds is 6. The van der Waals surface area contributed by atoms with E-state index < -0.39 is 0 Å². The molecule has 1 amide bonds. The maximum atomic E-state index is 13.6. The number of aromatic nitrogens is 2. The van der Waals surface area contributed by atoms with E-state index in [0.29, 0.717) is 19.6 Å². The Balaban J connectivity index is 1.38. The molecule has 35 heavy (non-hydrogen) atoms. The second kappa shape index (κ2) is 9.62. The standard InChI is InChI=1S/C28H28FN5O/c1-19-3-11-23(12-4-19)30-17-26(35)33-15-16-34-25(18-33)32-27(21-7-9-22(29)10-8-21)28(34)31-24-13-5-20(2)6-14-24/h3-14,30-31H,15-18H2,1-2H3. The van der Waals surface area contributed by atoms with E-state index in [-0.39, 0.29) is 18.3 Å². The molecule has 0 aliphatic carbocycles. The molecule has 0 bridgehead atoms. The maximum absolute atomic E-state index is 13.6. The number of amides is 1. The Labute approximate surface area is 204 Å². The van der Waals surface area contributed by atoms with Gasteiger partial charge in [-0.25, -0.2) is 9.37 Å². The summed E-state index contributed by atoms with van der Waals surface area (Å²) >= 11 is 0. The summed E-state index contributed by atoms with van der Waals surface area (Å²) in [6, 6.07) is 22.5. The van der Waals surface area contributed by atoms with Crippen LogP contribution in [-0.2, 0) is 17.9 Å². The number of imidazole rings is 1. The van der Waals surface area contributed by atoms with E-state index in [1.165, 1.54) is 23.3 Å². The van der Waals surface area contributed by atoms with Crippen molar-refractivity contribution in [3.8, 4) is 11.3 Å². The van der Waals surface area contributed by atoms with Gasteiger partial charge in [-0.3, -0.25) is 4.79 Å². The van der Waals surface area contributed by atoms with Crippen molar-refractivity contribution in [2.75, 3.05) is 23.7 Å². The van der Waals surface area contributed by atoms with E-state index in [1.807, 2.05) is 55.1 Å². The number of hydrogen-bond acceptors (Lipinski definition) is 4. The predicted octanol–water partition coefficient (Wildman–Crippen LogP) is 5.50. The zero-order valence-corrected chi connectivity index (χ0v) is 19.9. The Morgan fingerprint density at radius 1 is 0.886 bits per heavy atom. The van der Waals surface area contributed by atoms with E-state index in [9.17, 15) is 9.18 Å². The summed E-state index contributed by atoms with van der Waals surface area (Å²) in [6.07, 6.45) is 0. The summed E-state index contributed by atoms with van der Waals surface area (Å²) in [6.45, 7) is 5.93. The van der Waals surface area contributed by atoms with Crippen LogP contribution in [0.25, 0.3) is 11.3 Å². The highest BCUT2D eigenvalue weighted by Gasteiger charge is 2.27. The number of carbonyl (C=O) groups excluding carboxylic acids is 1. The second-order valence-corrected chi connectivity index (χ2v) is 8.91. The van der Waals surface area contributed by atoms with Crippen LogP contribution in [0.3, 0.4) is 0 Å². The van der Waals surface area contributed by atoms with Crippen LogP contribution in [0, 0.1) is 19.7 Å². The van der Waals surface area contributed by atoms with Crippen molar-refractivity contribution in [1.82, 2.24) is 14.5 Å². The van der Waals surface area contributed by atoms with E-state index in [1.54, 1.807) is 12.1 Å². The molecule has 2 heterocycles. The first-order valence-electron chi connectivity index (χ1n) is 11.7. The third kappa shape index (κ3) is 5.04. The number of anilines is 3. The van der Waals surface area contributed by atoms with E-state index in [2.05, 4.69) is 27.3 Å². The molecule has 0 fully saturated rings. The Morgan fingerprint density at radius 2 is 1.51 bits per heavy atom. The topological polar surface area (TPSA) is 62.2 Å². The maximum Gasteiger partial charge on any atom is 0.242 e. The summed E-state index contributed by atoms with van der Waals surface area (Å²) in [5.74, 6) is 1.38. The van der Waals surface area contributed by atoms with Gasteiger partial charge in [-0.2, -0.15) is 0 Å². The molecule has 2 N–H and O–H groups in total. The van der Waals surface area contributed by atoms with Crippen LogP contribution in [0.15, 0.2) is 72.8 Å². The molecular weight excluding hydrogens is 441 g/mol. The molecule has 0 spiro atoms. The van der Waals surface area contributed by atoms with Gasteiger partial charge >= 0.3 is 0 Å². The van der Waals surface area contributed by atoms with Crippen molar-refractivity contribution in [2.24, 2.45) is 0 Å². The number of aryl methyl sites for hydroxylation is 2. The molecule has 1 aliphatic heterocycles. The fourth-order valence-electron chi connectivity index (χ4n) is 4.21. The largest absolute Gasteiger partial charge is 0.376 e. The van der Waals surface area contributed by atoms with Gasteiger partial charge in [-0.1, -0.05) is 35.4 Å². The molecule has 7 heteroatoms. The molecule has 0 atom stereocenters. The third-order valence-corrected chi connectivity index (χ3v) is 6.25.